The molecule has 8 heteroatoms. The molecule has 2 fully saturated rings. The number of rotatable bonds is 7. The van der Waals surface area contributed by atoms with Gasteiger partial charge < -0.3 is 20.0 Å². The molecule has 0 bridgehead atoms. The van der Waals surface area contributed by atoms with Gasteiger partial charge in [-0.25, -0.2) is 4.79 Å². The second-order valence-corrected chi connectivity index (χ2v) is 11.8. The van der Waals surface area contributed by atoms with Gasteiger partial charge in [0.2, 0.25) is 5.91 Å². The van der Waals surface area contributed by atoms with Gasteiger partial charge in [0.05, 0.1) is 11.5 Å². The molecule has 0 spiro atoms. The lowest BCUT2D eigenvalue weighted by Crippen LogP contribution is -2.58. The molecular weight excluding hydrogens is 454 g/mol. The molecule has 2 aromatic rings. The van der Waals surface area contributed by atoms with E-state index in [-0.39, 0.29) is 11.3 Å². The first-order valence-corrected chi connectivity index (χ1v) is 13.3. The maximum absolute atomic E-state index is 13.6. The highest BCUT2D eigenvalue weighted by Crippen LogP contribution is 2.29. The monoisotopic (exact) mass is 493 g/mol. The maximum Gasteiger partial charge on any atom is 0.441 e. The van der Waals surface area contributed by atoms with E-state index in [1.165, 1.54) is 32.1 Å². The number of hydrogen-bond donors (Lipinski definition) is 2. The third kappa shape index (κ3) is 6.64. The summed E-state index contributed by atoms with van der Waals surface area (Å²) in [5.41, 5.74) is -0.648. The van der Waals surface area contributed by atoms with Crippen molar-refractivity contribution in [2.45, 2.75) is 83.7 Å². The highest BCUT2D eigenvalue weighted by atomic mass is 16.4. The fourth-order valence-corrected chi connectivity index (χ4v) is 5.56. The summed E-state index contributed by atoms with van der Waals surface area (Å²) in [4.78, 5) is 32.2. The minimum absolute atomic E-state index is 0.173. The van der Waals surface area contributed by atoms with E-state index in [1.54, 1.807) is 18.2 Å². The molecule has 2 aliphatic rings. The average Bonchev–Trinajstić information content (AvgIpc) is 2.84. The molecule has 4 rings (SSSR count). The van der Waals surface area contributed by atoms with E-state index < -0.39 is 17.3 Å². The molecule has 2 N–H and O–H groups in total. The number of para-hydroxylation sites is 1. The first kappa shape index (κ1) is 26.2. The number of anilines is 1. The zero-order chi connectivity index (χ0) is 25.8. The minimum atomic E-state index is -0.886. The number of amides is 1. The summed E-state index contributed by atoms with van der Waals surface area (Å²) >= 11 is 0. The van der Waals surface area contributed by atoms with Gasteiger partial charge in [-0.3, -0.25) is 4.79 Å². The topological polar surface area (TPSA) is 111 Å². The van der Waals surface area contributed by atoms with E-state index in [9.17, 15) is 14.9 Å². The number of carbonyl (C=O) groups is 1. The van der Waals surface area contributed by atoms with Crippen molar-refractivity contribution in [1.29, 1.82) is 5.26 Å². The van der Waals surface area contributed by atoms with Gasteiger partial charge in [0.1, 0.15) is 23.0 Å². The Hall–Kier alpha value is -2.92. The summed E-state index contributed by atoms with van der Waals surface area (Å²) in [5.74, 6) is 0.116. The van der Waals surface area contributed by atoms with E-state index >= 15 is 0 Å². The third-order valence-electron chi connectivity index (χ3n) is 7.51. The normalized spacial score (nSPS) is 19.9. The maximum atomic E-state index is 13.6. The molecule has 36 heavy (non-hydrogen) atoms. The lowest BCUT2D eigenvalue weighted by atomic mass is 9.84. The first-order valence-electron chi connectivity index (χ1n) is 13.3. The number of nitrogens with zero attached hydrogens (tertiary/aromatic N) is 3. The number of benzene rings is 1. The Morgan fingerprint density at radius 3 is 2.58 bits per heavy atom. The van der Waals surface area contributed by atoms with Gasteiger partial charge in [0.15, 0.2) is 0 Å². The van der Waals surface area contributed by atoms with Crippen molar-refractivity contribution in [3.05, 3.63) is 34.8 Å². The predicted molar refractivity (Wildman–Crippen MR) is 140 cm³/mol. The smallest absolute Gasteiger partial charge is 0.408 e. The fourth-order valence-electron chi connectivity index (χ4n) is 5.56. The predicted octanol–water partition coefficient (Wildman–Crippen LogP) is 4.46. The van der Waals surface area contributed by atoms with Crippen LogP contribution in [-0.2, 0) is 4.79 Å². The zero-order valence-electron chi connectivity index (χ0n) is 21.8. The Balaban J connectivity index is 1.47. The van der Waals surface area contributed by atoms with Crippen LogP contribution >= 0.6 is 0 Å². The van der Waals surface area contributed by atoms with E-state index in [1.807, 2.05) is 6.07 Å². The summed E-state index contributed by atoms with van der Waals surface area (Å²) in [7, 11) is 0. The summed E-state index contributed by atoms with van der Waals surface area (Å²) in [6.07, 6.45) is 8.33. The Labute approximate surface area is 213 Å². The van der Waals surface area contributed by atoms with Gasteiger partial charge in [-0.15, -0.1) is 0 Å². The Morgan fingerprint density at radius 1 is 1.22 bits per heavy atom. The number of aromatic nitrogens is 1. The lowest BCUT2D eigenvalue weighted by Gasteiger charge is -2.40. The van der Waals surface area contributed by atoms with E-state index in [0.29, 0.717) is 36.0 Å². The summed E-state index contributed by atoms with van der Waals surface area (Å²) in [6.45, 7) is 8.90. The molecule has 194 valence electrons. The molecule has 1 aromatic carbocycles. The molecule has 1 atom stereocenters. The molecule has 1 aliphatic heterocycles. The molecule has 8 nitrogen and oxygen atoms in total. The van der Waals surface area contributed by atoms with Crippen molar-refractivity contribution in [2.75, 3.05) is 25.0 Å². The number of hydrogen-bond acceptors (Lipinski definition) is 7. The van der Waals surface area contributed by atoms with Crippen molar-refractivity contribution in [2.24, 2.45) is 11.3 Å². The zero-order valence-corrected chi connectivity index (χ0v) is 21.8. The largest absolute Gasteiger partial charge is 0.441 e. The van der Waals surface area contributed by atoms with E-state index in [2.05, 4.69) is 47.4 Å². The fraction of sp³-hybridized carbons (Fsp3) is 0.643. The highest BCUT2D eigenvalue weighted by Gasteiger charge is 2.39. The van der Waals surface area contributed by atoms with Crippen molar-refractivity contribution < 1.29 is 9.21 Å². The van der Waals surface area contributed by atoms with Crippen LogP contribution in [0.4, 0.5) is 5.82 Å². The van der Waals surface area contributed by atoms with Gasteiger partial charge in [-0.2, -0.15) is 10.2 Å². The molecule has 1 aromatic heterocycles. The Morgan fingerprint density at radius 2 is 1.92 bits per heavy atom. The molecule has 1 amide bonds. The van der Waals surface area contributed by atoms with E-state index in [4.69, 9.17) is 4.42 Å². The SMILES string of the molecule is CC(C)(C)CC(Nc1nc(=O)oc2ccccc12)C(=O)NC1(C#N)CCN(CC2CCCCC2)CC1. The standard InChI is InChI=1S/C28H39N5O3/c1-27(2,3)17-22(30-24-21-11-7-8-12-23(21)36-26(35)31-24)25(34)32-28(19-29)13-15-33(16-14-28)18-20-9-5-4-6-10-20/h7-8,11-12,20,22H,4-6,9-10,13-18H2,1-3H3,(H,32,34)(H,30,31,35). The molecule has 0 radical (unpaired) electrons. The minimum Gasteiger partial charge on any atom is -0.408 e. The van der Waals surface area contributed by atoms with Crippen LogP contribution in [0.15, 0.2) is 33.5 Å². The lowest BCUT2D eigenvalue weighted by molar-refractivity contribution is -0.124. The van der Waals surface area contributed by atoms with Crippen LogP contribution in [0.2, 0.25) is 0 Å². The van der Waals surface area contributed by atoms with Crippen molar-refractivity contribution in [3.8, 4) is 6.07 Å². The van der Waals surface area contributed by atoms with E-state index in [0.717, 1.165) is 25.6 Å². The average molecular weight is 494 g/mol. The van der Waals surface area contributed by atoms with Gasteiger partial charge in [0.25, 0.3) is 0 Å². The Kier molecular flexibility index (Phi) is 7.99. The van der Waals surface area contributed by atoms with Crippen LogP contribution in [0.3, 0.4) is 0 Å². The number of nitrogens with one attached hydrogen (secondary N) is 2. The molecule has 1 aliphatic carbocycles. The van der Waals surface area contributed by atoms with Crippen LogP contribution < -0.4 is 16.4 Å². The quantitative estimate of drug-likeness (QED) is 0.586. The van der Waals surface area contributed by atoms with Gasteiger partial charge in [0, 0.05) is 19.6 Å². The van der Waals surface area contributed by atoms with Crippen LogP contribution in [0, 0.1) is 22.7 Å². The highest BCUT2D eigenvalue weighted by molar-refractivity contribution is 5.91. The number of carbonyl (C=O) groups excluding carboxylic acids is 1. The third-order valence-corrected chi connectivity index (χ3v) is 7.51. The van der Waals surface area contributed by atoms with Gasteiger partial charge in [-0.1, -0.05) is 52.2 Å². The van der Waals surface area contributed by atoms with Crippen LogP contribution in [-0.4, -0.2) is 47.0 Å². The molecule has 1 saturated carbocycles. The number of piperidine rings is 1. The van der Waals surface area contributed by atoms with Gasteiger partial charge in [-0.05, 0) is 55.6 Å². The summed E-state index contributed by atoms with van der Waals surface area (Å²) in [6, 6.07) is 8.89. The van der Waals surface area contributed by atoms with Crippen LogP contribution in [0.5, 0.6) is 0 Å². The molecule has 1 unspecified atom stereocenters. The summed E-state index contributed by atoms with van der Waals surface area (Å²) < 4.78 is 5.21. The number of likely N-dealkylation sites (tertiary alicyclic amines) is 1. The van der Waals surface area contributed by atoms with Crippen molar-refractivity contribution in [3.63, 3.8) is 0 Å². The second kappa shape index (κ2) is 11.0. The molecular formula is C28H39N5O3. The first-order chi connectivity index (χ1) is 17.2. The van der Waals surface area contributed by atoms with Crippen molar-refractivity contribution in [1.82, 2.24) is 15.2 Å². The molecule has 1 saturated heterocycles. The second-order valence-electron chi connectivity index (χ2n) is 11.8. The van der Waals surface area contributed by atoms with Crippen LogP contribution in [0.25, 0.3) is 11.0 Å². The van der Waals surface area contributed by atoms with Gasteiger partial charge >= 0.3 is 5.76 Å². The number of nitriles is 1. The number of fused-ring (bicyclic) bond motifs is 1. The van der Waals surface area contributed by atoms with Crippen molar-refractivity contribution >= 4 is 22.7 Å². The Bertz CT molecular complexity index is 1150. The van der Waals surface area contributed by atoms with Crippen LogP contribution in [0.1, 0.15) is 72.1 Å². The summed E-state index contributed by atoms with van der Waals surface area (Å²) in [5, 5.41) is 17.0. The molecule has 2 heterocycles.